The Bertz CT molecular complexity index is 1050. The number of aromatic nitrogens is 2. The fourth-order valence-corrected chi connectivity index (χ4v) is 3.62. The Morgan fingerprint density at radius 3 is 2.44 bits per heavy atom. The Hall–Kier alpha value is -2.32. The third-order valence-corrected chi connectivity index (χ3v) is 4.82. The Morgan fingerprint density at radius 2 is 1.74 bits per heavy atom. The molecule has 0 unspecified atom stereocenters. The Balaban J connectivity index is 0.00000210. The fraction of sp³-hybridized carbons (Fsp3) is 0.222. The van der Waals surface area contributed by atoms with E-state index in [2.05, 4.69) is 10.4 Å². The van der Waals surface area contributed by atoms with Gasteiger partial charge in [-0.25, -0.2) is 0 Å². The van der Waals surface area contributed by atoms with Crippen LogP contribution in [0.3, 0.4) is 0 Å². The van der Waals surface area contributed by atoms with Gasteiger partial charge in [-0.2, -0.15) is 5.10 Å². The molecule has 0 spiro atoms. The molecular formula is C18H17Cl2N3O4. The molecule has 4 N–H and O–H groups in total. The van der Waals surface area contributed by atoms with Crippen molar-refractivity contribution in [2.45, 2.75) is 6.54 Å². The summed E-state index contributed by atoms with van der Waals surface area (Å²) >= 11 is 6.28. The number of ketones is 1. The SMILES string of the molecule is Cl.O=C1c2c(O)ccc(O)c2-c2nn(CCNCCO)c3ccc(Cl)c1c23. The smallest absolute Gasteiger partial charge is 0.199 e. The number of hydrogen-bond donors (Lipinski definition) is 4. The maximum Gasteiger partial charge on any atom is 0.199 e. The molecule has 0 aliphatic heterocycles. The first-order valence-corrected chi connectivity index (χ1v) is 8.53. The van der Waals surface area contributed by atoms with Crippen LogP contribution in [0, 0.1) is 0 Å². The van der Waals surface area contributed by atoms with Crippen molar-refractivity contribution >= 4 is 40.7 Å². The van der Waals surface area contributed by atoms with Crippen LogP contribution < -0.4 is 5.32 Å². The number of aromatic hydroxyl groups is 2. The summed E-state index contributed by atoms with van der Waals surface area (Å²) in [7, 11) is 0. The monoisotopic (exact) mass is 409 g/mol. The molecule has 0 bridgehead atoms. The predicted octanol–water partition coefficient (Wildman–Crippen LogP) is 2.32. The summed E-state index contributed by atoms with van der Waals surface area (Å²) in [4.78, 5) is 13.0. The first kappa shape index (κ1) is 19.4. The molecule has 2 aromatic carbocycles. The summed E-state index contributed by atoms with van der Waals surface area (Å²) in [6.45, 7) is 1.58. The number of nitrogens with one attached hydrogen (secondary N) is 1. The highest BCUT2D eigenvalue weighted by molar-refractivity contribution is 6.39. The number of hydrogen-bond acceptors (Lipinski definition) is 6. The van der Waals surface area contributed by atoms with Gasteiger partial charge in [-0.15, -0.1) is 12.4 Å². The van der Waals surface area contributed by atoms with Gasteiger partial charge >= 0.3 is 0 Å². The number of carbonyl (C=O) groups excluding carboxylic acids is 1. The molecule has 0 saturated heterocycles. The van der Waals surface area contributed by atoms with Crippen molar-refractivity contribution in [2.24, 2.45) is 0 Å². The summed E-state index contributed by atoms with van der Waals surface area (Å²) in [5.74, 6) is -0.781. The van der Waals surface area contributed by atoms with Crippen LogP contribution in [-0.4, -0.2) is 50.6 Å². The zero-order chi connectivity index (χ0) is 18.4. The van der Waals surface area contributed by atoms with Gasteiger partial charge in [-0.1, -0.05) is 11.6 Å². The van der Waals surface area contributed by atoms with E-state index in [0.29, 0.717) is 36.2 Å². The molecule has 27 heavy (non-hydrogen) atoms. The van der Waals surface area contributed by atoms with E-state index in [1.807, 2.05) is 0 Å². The molecule has 0 amide bonds. The van der Waals surface area contributed by atoms with E-state index in [1.54, 1.807) is 16.8 Å². The van der Waals surface area contributed by atoms with Gasteiger partial charge < -0.3 is 20.6 Å². The summed E-state index contributed by atoms with van der Waals surface area (Å²) < 4.78 is 1.72. The van der Waals surface area contributed by atoms with Gasteiger partial charge in [0, 0.05) is 18.5 Å². The zero-order valence-corrected chi connectivity index (χ0v) is 15.6. The third-order valence-electron chi connectivity index (χ3n) is 4.51. The van der Waals surface area contributed by atoms with Crippen molar-refractivity contribution in [3.05, 3.63) is 40.4 Å². The summed E-state index contributed by atoms with van der Waals surface area (Å²) in [5.41, 5.74) is 1.64. The number of benzene rings is 2. The normalized spacial score (nSPS) is 12.1. The average molecular weight is 410 g/mol. The second-order valence-electron chi connectivity index (χ2n) is 6.04. The lowest BCUT2D eigenvalue weighted by molar-refractivity contribution is 0.103. The van der Waals surface area contributed by atoms with E-state index < -0.39 is 5.78 Å². The molecule has 0 saturated carbocycles. The Kier molecular flexibility index (Phi) is 5.30. The number of aliphatic hydroxyl groups excluding tert-OH is 1. The molecular weight excluding hydrogens is 393 g/mol. The Morgan fingerprint density at radius 1 is 1.04 bits per heavy atom. The van der Waals surface area contributed by atoms with E-state index in [0.717, 1.165) is 0 Å². The van der Waals surface area contributed by atoms with Crippen LogP contribution in [0.1, 0.15) is 15.9 Å². The molecule has 0 atom stereocenters. The van der Waals surface area contributed by atoms with Gasteiger partial charge in [0.05, 0.1) is 40.4 Å². The summed E-state index contributed by atoms with van der Waals surface area (Å²) in [6.07, 6.45) is 0. The highest BCUT2D eigenvalue weighted by atomic mass is 35.5. The van der Waals surface area contributed by atoms with Crippen LogP contribution >= 0.6 is 24.0 Å². The van der Waals surface area contributed by atoms with Crippen molar-refractivity contribution in [3.8, 4) is 22.8 Å². The van der Waals surface area contributed by atoms with Gasteiger partial charge in [0.25, 0.3) is 0 Å². The first-order valence-electron chi connectivity index (χ1n) is 8.15. The zero-order valence-electron chi connectivity index (χ0n) is 14.1. The van der Waals surface area contributed by atoms with Gasteiger partial charge in [-0.3, -0.25) is 9.48 Å². The summed E-state index contributed by atoms with van der Waals surface area (Å²) in [5, 5.41) is 37.8. The number of carbonyl (C=O) groups is 1. The molecule has 0 radical (unpaired) electrons. The first-order chi connectivity index (χ1) is 12.5. The number of nitrogens with zero attached hydrogens (tertiary/aromatic N) is 2. The molecule has 1 aromatic heterocycles. The van der Waals surface area contributed by atoms with Crippen LogP contribution in [0.15, 0.2) is 24.3 Å². The lowest BCUT2D eigenvalue weighted by atomic mass is 9.86. The van der Waals surface area contributed by atoms with E-state index in [1.165, 1.54) is 12.1 Å². The average Bonchev–Trinajstić information content (AvgIpc) is 2.98. The maximum absolute atomic E-state index is 13.0. The van der Waals surface area contributed by atoms with E-state index >= 15 is 0 Å². The molecule has 3 aromatic rings. The van der Waals surface area contributed by atoms with Crippen molar-refractivity contribution in [1.82, 2.24) is 15.1 Å². The molecule has 0 fully saturated rings. The third kappa shape index (κ3) is 2.93. The van der Waals surface area contributed by atoms with Gasteiger partial charge in [-0.05, 0) is 24.3 Å². The van der Waals surface area contributed by atoms with E-state index in [4.69, 9.17) is 16.7 Å². The highest BCUT2D eigenvalue weighted by Crippen LogP contribution is 2.47. The van der Waals surface area contributed by atoms with Crippen LogP contribution in [0.25, 0.3) is 22.2 Å². The number of fused-ring (bicyclic) bond motifs is 2. The number of phenolic OH excluding ortho intramolecular Hbond substituents is 2. The largest absolute Gasteiger partial charge is 0.507 e. The van der Waals surface area contributed by atoms with E-state index in [-0.39, 0.29) is 52.2 Å². The second kappa shape index (κ2) is 7.36. The number of phenols is 2. The minimum Gasteiger partial charge on any atom is -0.507 e. The Labute approximate surface area is 165 Å². The molecule has 4 rings (SSSR count). The molecule has 1 heterocycles. The van der Waals surface area contributed by atoms with E-state index in [9.17, 15) is 15.0 Å². The summed E-state index contributed by atoms with van der Waals surface area (Å²) in [6, 6.07) is 6.03. The lowest BCUT2D eigenvalue weighted by Gasteiger charge is -2.17. The van der Waals surface area contributed by atoms with Gasteiger partial charge in [0.2, 0.25) is 0 Å². The van der Waals surface area contributed by atoms with Crippen LogP contribution in [0.2, 0.25) is 5.02 Å². The minimum atomic E-state index is -0.436. The number of halogens is 2. The number of aliphatic hydroxyl groups is 1. The van der Waals surface area contributed by atoms with Crippen molar-refractivity contribution < 1.29 is 20.1 Å². The van der Waals surface area contributed by atoms with Crippen LogP contribution in [0.4, 0.5) is 0 Å². The van der Waals surface area contributed by atoms with Crippen molar-refractivity contribution in [2.75, 3.05) is 19.7 Å². The molecule has 9 heteroatoms. The van der Waals surface area contributed by atoms with Crippen molar-refractivity contribution in [3.63, 3.8) is 0 Å². The van der Waals surface area contributed by atoms with Gasteiger partial charge in [0.15, 0.2) is 5.78 Å². The van der Waals surface area contributed by atoms with Crippen LogP contribution in [-0.2, 0) is 6.54 Å². The van der Waals surface area contributed by atoms with Crippen LogP contribution in [0.5, 0.6) is 11.5 Å². The molecule has 7 nitrogen and oxygen atoms in total. The fourth-order valence-electron chi connectivity index (χ4n) is 3.38. The van der Waals surface area contributed by atoms with Gasteiger partial charge in [0.1, 0.15) is 17.2 Å². The highest BCUT2D eigenvalue weighted by Gasteiger charge is 2.34. The molecule has 142 valence electrons. The minimum absolute atomic E-state index is 0. The lowest BCUT2D eigenvalue weighted by Crippen LogP contribution is -2.23. The number of rotatable bonds is 5. The van der Waals surface area contributed by atoms with Crippen molar-refractivity contribution in [1.29, 1.82) is 0 Å². The maximum atomic E-state index is 13.0. The molecule has 1 aliphatic rings. The molecule has 1 aliphatic carbocycles. The topological polar surface area (TPSA) is 108 Å². The standard InChI is InChI=1S/C18H16ClN3O4.ClH/c19-9-1-2-10-14-13(9)18(26)16-12(25)4-3-11(24)15(16)17(14)21-22(10)7-5-20-6-8-23;/h1-4,20,23-25H,5-8H2;1H. The quantitative estimate of drug-likeness (QED) is 0.297. The predicted molar refractivity (Wildman–Crippen MR) is 104 cm³/mol. The second-order valence-corrected chi connectivity index (χ2v) is 6.45.